The Bertz CT molecular complexity index is 776. The van der Waals surface area contributed by atoms with Gasteiger partial charge in [-0.15, -0.1) is 5.10 Å². The minimum atomic E-state index is -0.205. The van der Waals surface area contributed by atoms with Crippen LogP contribution in [0.15, 0.2) is 40.2 Å². The monoisotopic (exact) mass is 256 g/mol. The lowest BCUT2D eigenvalue weighted by Crippen LogP contribution is -2.44. The summed E-state index contributed by atoms with van der Waals surface area (Å²) in [5.41, 5.74) is 2.69. The van der Waals surface area contributed by atoms with Crippen LogP contribution in [0.25, 0.3) is 10.8 Å². The molecule has 1 aliphatic heterocycles. The van der Waals surface area contributed by atoms with Crippen LogP contribution in [0.3, 0.4) is 0 Å². The number of pyridine rings is 1. The van der Waals surface area contributed by atoms with E-state index in [0.717, 1.165) is 5.39 Å². The molecule has 1 aromatic carbocycles. The lowest BCUT2D eigenvalue weighted by atomic mass is 10.2. The van der Waals surface area contributed by atoms with Gasteiger partial charge in [0.15, 0.2) is 5.82 Å². The first-order valence-corrected chi connectivity index (χ1v) is 5.85. The largest absolute Gasteiger partial charge is 0.280 e. The molecular formula is C13H12N4O2. The van der Waals surface area contributed by atoms with E-state index in [1.54, 1.807) is 19.1 Å². The zero-order valence-corrected chi connectivity index (χ0v) is 10.5. The maximum Gasteiger partial charge on any atom is 0.280 e. The van der Waals surface area contributed by atoms with E-state index >= 15 is 0 Å². The molecule has 19 heavy (non-hydrogen) atoms. The van der Waals surface area contributed by atoms with Gasteiger partial charge in [-0.3, -0.25) is 15.0 Å². The van der Waals surface area contributed by atoms with Gasteiger partial charge in [0.05, 0.1) is 0 Å². The maximum absolute atomic E-state index is 12.3. The minimum absolute atomic E-state index is 0.187. The highest BCUT2D eigenvalue weighted by molar-refractivity contribution is 5.98. The summed E-state index contributed by atoms with van der Waals surface area (Å²) in [7, 11) is 0. The van der Waals surface area contributed by atoms with Crippen LogP contribution in [0.2, 0.25) is 0 Å². The topological polar surface area (TPSA) is 66.7 Å². The van der Waals surface area contributed by atoms with E-state index in [1.807, 2.05) is 18.2 Å². The van der Waals surface area contributed by atoms with Gasteiger partial charge in [-0.1, -0.05) is 18.2 Å². The molecule has 2 aromatic rings. The Balaban J connectivity index is 2.29. The lowest BCUT2D eigenvalue weighted by molar-refractivity contribution is -0.124. The molecule has 0 aliphatic carbocycles. The third kappa shape index (κ3) is 1.69. The highest BCUT2D eigenvalue weighted by Crippen LogP contribution is 2.19. The average Bonchev–Trinajstić information content (AvgIpc) is 2.39. The van der Waals surface area contributed by atoms with Crippen LogP contribution < -0.4 is 11.0 Å². The van der Waals surface area contributed by atoms with E-state index in [2.05, 4.69) is 10.5 Å². The van der Waals surface area contributed by atoms with E-state index in [4.69, 9.17) is 0 Å². The molecule has 0 unspecified atom stereocenters. The molecule has 0 saturated carbocycles. The normalized spacial score (nSPS) is 13.8. The number of amidine groups is 1. The predicted octanol–water partition coefficient (Wildman–Crippen LogP) is 1.37. The van der Waals surface area contributed by atoms with E-state index in [0.29, 0.717) is 17.0 Å². The summed E-state index contributed by atoms with van der Waals surface area (Å²) >= 11 is 0. The molecule has 6 heteroatoms. The molecule has 0 fully saturated rings. The van der Waals surface area contributed by atoms with Gasteiger partial charge < -0.3 is 0 Å². The fraction of sp³-hybridized carbons (Fsp3) is 0.154. The Morgan fingerprint density at radius 3 is 2.79 bits per heavy atom. The molecule has 0 spiro atoms. The molecule has 1 aliphatic rings. The Morgan fingerprint density at radius 1 is 1.32 bits per heavy atom. The predicted molar refractivity (Wildman–Crippen MR) is 72.9 cm³/mol. The number of hydrazine groups is 1. The number of benzene rings is 1. The van der Waals surface area contributed by atoms with Crippen LogP contribution in [0.5, 0.6) is 0 Å². The fourth-order valence-corrected chi connectivity index (χ4v) is 2.12. The average molecular weight is 256 g/mol. The molecule has 1 amide bonds. The van der Waals surface area contributed by atoms with Crippen molar-refractivity contribution < 1.29 is 4.79 Å². The number of hydrogen-bond donors (Lipinski definition) is 1. The number of fused-ring (bicyclic) bond motifs is 2. The van der Waals surface area contributed by atoms with Crippen molar-refractivity contribution in [2.45, 2.75) is 13.8 Å². The van der Waals surface area contributed by atoms with Crippen molar-refractivity contribution in [3.05, 3.63) is 40.7 Å². The van der Waals surface area contributed by atoms with Crippen molar-refractivity contribution in [2.75, 3.05) is 5.43 Å². The summed E-state index contributed by atoms with van der Waals surface area (Å²) in [6.07, 6.45) is 0. The third-order valence-corrected chi connectivity index (χ3v) is 3.01. The van der Waals surface area contributed by atoms with Crippen molar-refractivity contribution in [3.63, 3.8) is 0 Å². The number of rotatable bonds is 0. The van der Waals surface area contributed by atoms with Crippen LogP contribution in [-0.4, -0.2) is 21.4 Å². The Kier molecular flexibility index (Phi) is 2.38. The summed E-state index contributed by atoms with van der Waals surface area (Å²) in [5.74, 6) is 0.718. The summed E-state index contributed by atoms with van der Waals surface area (Å²) in [6.45, 7) is 3.10. The van der Waals surface area contributed by atoms with Crippen molar-refractivity contribution in [2.24, 2.45) is 5.10 Å². The zero-order valence-electron chi connectivity index (χ0n) is 10.5. The molecular weight excluding hydrogens is 244 g/mol. The molecule has 0 atom stereocenters. The van der Waals surface area contributed by atoms with E-state index in [-0.39, 0.29) is 11.5 Å². The van der Waals surface area contributed by atoms with Crippen LogP contribution in [0, 0.1) is 0 Å². The summed E-state index contributed by atoms with van der Waals surface area (Å²) in [5, 5.41) is 6.88. The summed E-state index contributed by atoms with van der Waals surface area (Å²) < 4.78 is 1.27. The van der Waals surface area contributed by atoms with Gasteiger partial charge in [0.1, 0.15) is 5.84 Å². The molecule has 0 radical (unpaired) electrons. The van der Waals surface area contributed by atoms with E-state index in [1.165, 1.54) is 16.6 Å². The number of nitrogens with zero attached hydrogens (tertiary/aromatic N) is 3. The molecule has 1 N–H and O–H groups in total. The molecule has 6 nitrogen and oxygen atoms in total. The Labute approximate surface area is 108 Å². The molecule has 2 heterocycles. The number of carbonyl (C=O) groups excluding carboxylic acids is 1. The number of nitrogens with one attached hydrogen (secondary N) is 1. The van der Waals surface area contributed by atoms with Crippen molar-refractivity contribution in [3.8, 4) is 0 Å². The van der Waals surface area contributed by atoms with Gasteiger partial charge in [-0.25, -0.2) is 5.01 Å². The minimum Gasteiger partial charge on any atom is -0.273 e. The van der Waals surface area contributed by atoms with Gasteiger partial charge in [-0.05, 0) is 24.4 Å². The second-order valence-corrected chi connectivity index (χ2v) is 4.35. The van der Waals surface area contributed by atoms with Crippen LogP contribution >= 0.6 is 0 Å². The quantitative estimate of drug-likeness (QED) is 0.774. The third-order valence-electron chi connectivity index (χ3n) is 3.01. The molecule has 3 rings (SSSR count). The lowest BCUT2D eigenvalue weighted by Gasteiger charge is -2.27. The number of hydrogen-bond acceptors (Lipinski definition) is 4. The van der Waals surface area contributed by atoms with E-state index < -0.39 is 0 Å². The smallest absolute Gasteiger partial charge is 0.273 e. The van der Waals surface area contributed by atoms with Crippen LogP contribution in [0.1, 0.15) is 13.8 Å². The standard InChI is InChI=1S/C13H12N4O2/c1-8-14-17-12(15-16(8)9(2)18)7-10-5-3-4-6-11(10)13(17)19/h3-7,15H,1-2H3. The van der Waals surface area contributed by atoms with Crippen LogP contribution in [0.4, 0.5) is 5.82 Å². The first-order valence-electron chi connectivity index (χ1n) is 5.85. The van der Waals surface area contributed by atoms with Crippen LogP contribution in [-0.2, 0) is 4.79 Å². The van der Waals surface area contributed by atoms with Gasteiger partial charge in [0, 0.05) is 12.3 Å². The Morgan fingerprint density at radius 2 is 2.05 bits per heavy atom. The number of carbonyl (C=O) groups is 1. The summed E-state index contributed by atoms with van der Waals surface area (Å²) in [6, 6.07) is 9.07. The number of aromatic nitrogens is 1. The maximum atomic E-state index is 12.3. The Hall–Kier alpha value is -2.63. The van der Waals surface area contributed by atoms with Gasteiger partial charge in [0.25, 0.3) is 5.56 Å². The number of anilines is 1. The first kappa shape index (κ1) is 11.5. The molecule has 0 bridgehead atoms. The van der Waals surface area contributed by atoms with E-state index in [9.17, 15) is 9.59 Å². The molecule has 1 aromatic heterocycles. The second kappa shape index (κ2) is 3.94. The SMILES string of the molecule is CC(=O)N1Nc2cc3ccccc3c(=O)n2N=C1C. The molecule has 0 saturated heterocycles. The zero-order chi connectivity index (χ0) is 13.6. The second-order valence-electron chi connectivity index (χ2n) is 4.35. The van der Waals surface area contributed by atoms with Gasteiger partial charge >= 0.3 is 0 Å². The van der Waals surface area contributed by atoms with Gasteiger partial charge in [-0.2, -0.15) is 4.68 Å². The highest BCUT2D eigenvalue weighted by Gasteiger charge is 2.21. The number of amides is 1. The highest BCUT2D eigenvalue weighted by atomic mass is 16.2. The van der Waals surface area contributed by atoms with Crippen molar-refractivity contribution in [1.82, 2.24) is 9.69 Å². The van der Waals surface area contributed by atoms with Gasteiger partial charge in [0.2, 0.25) is 5.91 Å². The first-order chi connectivity index (χ1) is 9.08. The summed E-state index contributed by atoms with van der Waals surface area (Å²) in [4.78, 5) is 23.8. The van der Waals surface area contributed by atoms with Crippen molar-refractivity contribution >= 4 is 28.3 Å². The fourth-order valence-electron chi connectivity index (χ4n) is 2.12. The van der Waals surface area contributed by atoms with Crippen molar-refractivity contribution in [1.29, 1.82) is 0 Å². The molecule has 96 valence electrons.